The molecule has 0 N–H and O–H groups in total. The van der Waals surface area contributed by atoms with E-state index in [0.29, 0.717) is 13.0 Å². The summed E-state index contributed by atoms with van der Waals surface area (Å²) in [5, 5.41) is 1.34. The highest BCUT2D eigenvalue weighted by atomic mass is 32.2. The standard InChI is InChI=1S/C19H22N2O3S2/c22-17-15-12-7-3-4-8-13(12)25-16(15)20-19(21(17)11-5-1-2-6-11)26-14-9-10-24-18(14)23/h11,14H,1-10H2/t14-/m1/s1. The zero-order chi connectivity index (χ0) is 17.7. The van der Waals surface area contributed by atoms with Crippen LogP contribution in [-0.4, -0.2) is 27.4 Å². The maximum atomic E-state index is 13.5. The van der Waals surface area contributed by atoms with Crippen molar-refractivity contribution in [3.8, 4) is 0 Å². The Morgan fingerprint density at radius 2 is 1.88 bits per heavy atom. The van der Waals surface area contributed by atoms with E-state index in [1.54, 1.807) is 11.3 Å². The second kappa shape index (κ2) is 6.68. The van der Waals surface area contributed by atoms with Crippen LogP contribution in [0.15, 0.2) is 9.95 Å². The van der Waals surface area contributed by atoms with Gasteiger partial charge in [0.05, 0.1) is 12.0 Å². The van der Waals surface area contributed by atoms with Crippen molar-refractivity contribution in [1.29, 1.82) is 0 Å². The van der Waals surface area contributed by atoms with E-state index in [9.17, 15) is 9.59 Å². The smallest absolute Gasteiger partial charge is 0.319 e. The van der Waals surface area contributed by atoms with Gasteiger partial charge in [0.15, 0.2) is 5.16 Å². The number of nitrogens with zero attached hydrogens (tertiary/aromatic N) is 2. The number of thioether (sulfide) groups is 1. The molecule has 26 heavy (non-hydrogen) atoms. The molecule has 1 saturated carbocycles. The number of rotatable bonds is 3. The number of carbonyl (C=O) groups excluding carboxylic acids is 1. The fourth-order valence-corrected chi connectivity index (χ4v) is 6.91. The van der Waals surface area contributed by atoms with Crippen LogP contribution in [0, 0.1) is 0 Å². The summed E-state index contributed by atoms with van der Waals surface area (Å²) in [6.07, 6.45) is 9.50. The lowest BCUT2D eigenvalue weighted by molar-refractivity contribution is -0.137. The summed E-state index contributed by atoms with van der Waals surface area (Å²) in [6.45, 7) is 0.472. The van der Waals surface area contributed by atoms with Crippen molar-refractivity contribution >= 4 is 39.3 Å². The van der Waals surface area contributed by atoms with Crippen LogP contribution >= 0.6 is 23.1 Å². The summed E-state index contributed by atoms with van der Waals surface area (Å²) in [4.78, 5) is 32.6. The highest BCUT2D eigenvalue weighted by Crippen LogP contribution is 2.39. The number of cyclic esters (lactones) is 1. The van der Waals surface area contributed by atoms with Crippen molar-refractivity contribution in [2.45, 2.75) is 74.2 Å². The van der Waals surface area contributed by atoms with Gasteiger partial charge in [0.2, 0.25) is 0 Å². The Morgan fingerprint density at radius 3 is 2.65 bits per heavy atom. The molecule has 0 aromatic carbocycles. The number of fused-ring (bicyclic) bond motifs is 3. The Labute approximate surface area is 160 Å². The Balaban J connectivity index is 1.67. The molecule has 2 fully saturated rings. The second-order valence-corrected chi connectivity index (χ2v) is 9.72. The number of carbonyl (C=O) groups is 1. The molecule has 7 heteroatoms. The Morgan fingerprint density at radius 1 is 1.08 bits per heavy atom. The van der Waals surface area contributed by atoms with Crippen LogP contribution < -0.4 is 5.56 Å². The Bertz CT molecular complexity index is 927. The van der Waals surface area contributed by atoms with Crippen molar-refractivity contribution < 1.29 is 9.53 Å². The summed E-state index contributed by atoms with van der Waals surface area (Å²) >= 11 is 3.12. The SMILES string of the molecule is O=C1OCC[C@H]1Sc1nc2sc3c(c2c(=O)n1C1CCCC1)CCCC3. The molecule has 0 bridgehead atoms. The van der Waals surface area contributed by atoms with Crippen molar-refractivity contribution in [2.75, 3.05) is 6.61 Å². The van der Waals surface area contributed by atoms with E-state index >= 15 is 0 Å². The molecule has 0 spiro atoms. The first-order valence-electron chi connectivity index (χ1n) is 9.62. The molecule has 1 saturated heterocycles. The maximum Gasteiger partial charge on any atom is 0.319 e. The molecule has 5 nitrogen and oxygen atoms in total. The van der Waals surface area contributed by atoms with Gasteiger partial charge < -0.3 is 4.74 Å². The summed E-state index contributed by atoms with van der Waals surface area (Å²) < 4.78 is 7.04. The lowest BCUT2D eigenvalue weighted by Crippen LogP contribution is -2.27. The van der Waals surface area contributed by atoms with Crippen molar-refractivity contribution in [3.63, 3.8) is 0 Å². The van der Waals surface area contributed by atoms with Gasteiger partial charge in [-0.05, 0) is 44.1 Å². The van der Waals surface area contributed by atoms with Gasteiger partial charge in [-0.3, -0.25) is 14.2 Å². The van der Waals surface area contributed by atoms with Crippen LogP contribution in [-0.2, 0) is 22.4 Å². The van der Waals surface area contributed by atoms with Crippen LogP contribution in [0.2, 0.25) is 0 Å². The first-order chi connectivity index (χ1) is 12.7. The third-order valence-corrected chi connectivity index (χ3v) is 8.21. The van der Waals surface area contributed by atoms with E-state index in [2.05, 4.69) is 0 Å². The van der Waals surface area contributed by atoms with Gasteiger partial charge >= 0.3 is 5.97 Å². The minimum atomic E-state index is -0.235. The second-order valence-electron chi connectivity index (χ2n) is 7.46. The molecule has 2 aliphatic carbocycles. The number of esters is 1. The maximum absolute atomic E-state index is 13.5. The van der Waals surface area contributed by atoms with Crippen molar-refractivity contribution in [3.05, 3.63) is 20.8 Å². The molecule has 2 aromatic rings. The minimum Gasteiger partial charge on any atom is -0.465 e. The van der Waals surface area contributed by atoms with Gasteiger partial charge in [0, 0.05) is 17.3 Å². The first-order valence-corrected chi connectivity index (χ1v) is 11.3. The van der Waals surface area contributed by atoms with E-state index < -0.39 is 0 Å². The molecule has 0 amide bonds. The summed E-state index contributed by atoms with van der Waals surface area (Å²) in [5.74, 6) is -0.173. The van der Waals surface area contributed by atoms with Crippen LogP contribution in [0.3, 0.4) is 0 Å². The predicted molar refractivity (Wildman–Crippen MR) is 103 cm³/mol. The lowest BCUT2D eigenvalue weighted by Gasteiger charge is -2.19. The normalized spacial score (nSPS) is 23.5. The van der Waals surface area contributed by atoms with E-state index in [1.807, 2.05) is 4.57 Å². The summed E-state index contributed by atoms with van der Waals surface area (Å²) in [7, 11) is 0. The van der Waals surface area contributed by atoms with E-state index in [1.165, 1.54) is 28.6 Å². The third-order valence-electron chi connectivity index (χ3n) is 5.81. The van der Waals surface area contributed by atoms with E-state index in [4.69, 9.17) is 9.72 Å². The molecular formula is C19H22N2O3S2. The monoisotopic (exact) mass is 390 g/mol. The zero-order valence-corrected chi connectivity index (χ0v) is 16.3. The molecule has 138 valence electrons. The number of aromatic nitrogens is 2. The predicted octanol–water partition coefficient (Wildman–Crippen LogP) is 3.86. The van der Waals surface area contributed by atoms with Gasteiger partial charge in [-0.25, -0.2) is 4.98 Å². The van der Waals surface area contributed by atoms with Crippen LogP contribution in [0.1, 0.15) is 61.4 Å². The fourth-order valence-electron chi connectivity index (χ4n) is 4.48. The number of thiophene rings is 1. The van der Waals surface area contributed by atoms with Crippen LogP contribution in [0.5, 0.6) is 0 Å². The van der Waals surface area contributed by atoms with Gasteiger partial charge in [0.25, 0.3) is 5.56 Å². The summed E-state index contributed by atoms with van der Waals surface area (Å²) in [6, 6.07) is 0.221. The highest BCUT2D eigenvalue weighted by molar-refractivity contribution is 8.00. The molecular weight excluding hydrogens is 368 g/mol. The minimum absolute atomic E-state index is 0.121. The number of hydrogen-bond donors (Lipinski definition) is 0. The van der Waals surface area contributed by atoms with Gasteiger partial charge in [-0.2, -0.15) is 0 Å². The quantitative estimate of drug-likeness (QED) is 0.588. The number of ether oxygens (including phenoxy) is 1. The molecule has 1 aliphatic heterocycles. The average molecular weight is 391 g/mol. The number of hydrogen-bond acceptors (Lipinski definition) is 6. The molecule has 5 rings (SSSR count). The molecule has 3 aliphatic rings. The molecule has 0 unspecified atom stereocenters. The number of aryl methyl sites for hydroxylation is 2. The van der Waals surface area contributed by atoms with Crippen molar-refractivity contribution in [1.82, 2.24) is 9.55 Å². The molecule has 1 atom stereocenters. The van der Waals surface area contributed by atoms with E-state index in [0.717, 1.165) is 60.3 Å². The lowest BCUT2D eigenvalue weighted by atomic mass is 9.97. The molecule has 2 aromatic heterocycles. The van der Waals surface area contributed by atoms with E-state index in [-0.39, 0.29) is 22.8 Å². The third kappa shape index (κ3) is 2.71. The molecule has 3 heterocycles. The largest absolute Gasteiger partial charge is 0.465 e. The fraction of sp³-hybridized carbons (Fsp3) is 0.632. The van der Waals surface area contributed by atoms with Gasteiger partial charge in [0.1, 0.15) is 10.1 Å². The van der Waals surface area contributed by atoms with Crippen molar-refractivity contribution in [2.24, 2.45) is 0 Å². The topological polar surface area (TPSA) is 61.2 Å². The van der Waals surface area contributed by atoms with Gasteiger partial charge in [-0.15, -0.1) is 11.3 Å². The van der Waals surface area contributed by atoms with Crippen LogP contribution in [0.25, 0.3) is 10.2 Å². The Hall–Kier alpha value is -1.34. The average Bonchev–Trinajstić information content (AvgIpc) is 3.35. The molecule has 0 radical (unpaired) electrons. The zero-order valence-electron chi connectivity index (χ0n) is 14.7. The summed E-state index contributed by atoms with van der Waals surface area (Å²) in [5.41, 5.74) is 1.37. The first kappa shape index (κ1) is 16.8. The van der Waals surface area contributed by atoms with Gasteiger partial charge in [-0.1, -0.05) is 24.6 Å². The van der Waals surface area contributed by atoms with Crippen LogP contribution in [0.4, 0.5) is 0 Å². The Kier molecular flexibility index (Phi) is 4.32. The highest BCUT2D eigenvalue weighted by Gasteiger charge is 2.32.